The molecule has 0 heteroatoms. The normalized spacial score (nSPS) is 16.2. The molecular formula is C13H16. The molecule has 0 radical (unpaired) electrons. The molecule has 1 aliphatic rings. The lowest BCUT2D eigenvalue weighted by molar-refractivity contribution is 0.886. The largest absolute Gasteiger partial charge is 0.0696 e. The number of benzene rings is 1. The molecule has 0 saturated heterocycles. The lowest BCUT2D eigenvalue weighted by atomic mass is 10.1. The van der Waals surface area contributed by atoms with Crippen LogP contribution in [0.25, 0.3) is 6.08 Å². The van der Waals surface area contributed by atoms with E-state index in [0.717, 1.165) is 0 Å². The molecule has 0 atom stereocenters. The van der Waals surface area contributed by atoms with Crippen LogP contribution < -0.4 is 0 Å². The van der Waals surface area contributed by atoms with Crippen LogP contribution in [0.5, 0.6) is 0 Å². The third kappa shape index (κ3) is 2.21. The SMILES string of the molecule is Cc1ccc(C=C2CCCC2)cc1. The number of hydrogen-bond donors (Lipinski definition) is 0. The Hall–Kier alpha value is -1.04. The van der Waals surface area contributed by atoms with Crippen LogP contribution in [0.3, 0.4) is 0 Å². The topological polar surface area (TPSA) is 0 Å². The van der Waals surface area contributed by atoms with Crippen molar-refractivity contribution in [2.24, 2.45) is 0 Å². The molecule has 1 aromatic carbocycles. The number of aryl methyl sites for hydroxylation is 1. The monoisotopic (exact) mass is 172 g/mol. The van der Waals surface area contributed by atoms with E-state index in [1.807, 2.05) is 0 Å². The molecule has 0 amide bonds. The molecule has 1 aliphatic carbocycles. The van der Waals surface area contributed by atoms with Crippen molar-refractivity contribution < 1.29 is 0 Å². The van der Waals surface area contributed by atoms with Crippen LogP contribution in [0.1, 0.15) is 36.8 Å². The summed E-state index contributed by atoms with van der Waals surface area (Å²) in [6.07, 6.45) is 7.75. The summed E-state index contributed by atoms with van der Waals surface area (Å²) in [4.78, 5) is 0. The molecular weight excluding hydrogens is 156 g/mol. The second-order valence-corrected chi connectivity index (χ2v) is 3.92. The van der Waals surface area contributed by atoms with E-state index < -0.39 is 0 Å². The van der Waals surface area contributed by atoms with Gasteiger partial charge in [-0.25, -0.2) is 0 Å². The minimum absolute atomic E-state index is 1.31. The fourth-order valence-corrected chi connectivity index (χ4v) is 1.87. The predicted molar refractivity (Wildman–Crippen MR) is 57.6 cm³/mol. The van der Waals surface area contributed by atoms with Crippen molar-refractivity contribution in [3.8, 4) is 0 Å². The van der Waals surface area contributed by atoms with Crippen molar-refractivity contribution in [3.05, 3.63) is 41.0 Å². The first-order valence-electron chi connectivity index (χ1n) is 5.11. The van der Waals surface area contributed by atoms with Gasteiger partial charge in [-0.15, -0.1) is 0 Å². The van der Waals surface area contributed by atoms with Crippen LogP contribution >= 0.6 is 0 Å². The third-order valence-electron chi connectivity index (χ3n) is 2.69. The molecule has 0 nitrogen and oxygen atoms in total. The highest BCUT2D eigenvalue weighted by Crippen LogP contribution is 2.25. The van der Waals surface area contributed by atoms with Gasteiger partial charge in [-0.3, -0.25) is 0 Å². The Morgan fingerprint density at radius 2 is 1.62 bits per heavy atom. The quantitative estimate of drug-likeness (QED) is 0.601. The summed E-state index contributed by atoms with van der Waals surface area (Å²) >= 11 is 0. The van der Waals surface area contributed by atoms with E-state index in [9.17, 15) is 0 Å². The molecule has 68 valence electrons. The van der Waals surface area contributed by atoms with Gasteiger partial charge in [0.15, 0.2) is 0 Å². The lowest BCUT2D eigenvalue weighted by Crippen LogP contribution is -1.76. The van der Waals surface area contributed by atoms with Crippen LogP contribution in [0.15, 0.2) is 29.8 Å². The molecule has 1 fully saturated rings. The van der Waals surface area contributed by atoms with Gasteiger partial charge in [-0.1, -0.05) is 41.5 Å². The minimum atomic E-state index is 1.31. The average Bonchev–Trinajstić information content (AvgIpc) is 2.62. The Bertz CT molecular complexity index is 295. The number of hydrogen-bond acceptors (Lipinski definition) is 0. The zero-order chi connectivity index (χ0) is 9.10. The molecule has 1 saturated carbocycles. The lowest BCUT2D eigenvalue weighted by Gasteiger charge is -1.97. The fourth-order valence-electron chi connectivity index (χ4n) is 1.87. The third-order valence-corrected chi connectivity index (χ3v) is 2.69. The van der Waals surface area contributed by atoms with Crippen LogP contribution in [-0.4, -0.2) is 0 Å². The van der Waals surface area contributed by atoms with Gasteiger partial charge in [0.05, 0.1) is 0 Å². The van der Waals surface area contributed by atoms with E-state index in [0.29, 0.717) is 0 Å². The Morgan fingerprint density at radius 3 is 2.23 bits per heavy atom. The highest BCUT2D eigenvalue weighted by molar-refractivity contribution is 5.53. The van der Waals surface area contributed by atoms with Gasteiger partial charge in [0.25, 0.3) is 0 Å². The zero-order valence-electron chi connectivity index (χ0n) is 8.22. The van der Waals surface area contributed by atoms with E-state index >= 15 is 0 Å². The molecule has 2 rings (SSSR count). The molecule has 0 aliphatic heterocycles. The Labute approximate surface area is 80.3 Å². The summed E-state index contributed by atoms with van der Waals surface area (Å²) in [5, 5.41) is 0. The summed E-state index contributed by atoms with van der Waals surface area (Å²) in [7, 11) is 0. The van der Waals surface area contributed by atoms with Gasteiger partial charge < -0.3 is 0 Å². The Kier molecular flexibility index (Phi) is 2.49. The van der Waals surface area contributed by atoms with Gasteiger partial charge in [0, 0.05) is 0 Å². The first kappa shape index (κ1) is 8.55. The molecule has 0 N–H and O–H groups in total. The van der Waals surface area contributed by atoms with Crippen LogP contribution in [0.2, 0.25) is 0 Å². The van der Waals surface area contributed by atoms with Crippen LogP contribution in [0, 0.1) is 6.92 Å². The Morgan fingerprint density at radius 1 is 1.00 bits per heavy atom. The minimum Gasteiger partial charge on any atom is -0.0696 e. The Balaban J connectivity index is 2.17. The number of rotatable bonds is 1. The van der Waals surface area contributed by atoms with Crippen LogP contribution in [-0.2, 0) is 0 Å². The highest BCUT2D eigenvalue weighted by Gasteiger charge is 2.05. The first-order chi connectivity index (χ1) is 6.34. The smallest absolute Gasteiger partial charge is 0.0257 e. The molecule has 0 aromatic heterocycles. The van der Waals surface area contributed by atoms with Crippen molar-refractivity contribution in [3.63, 3.8) is 0 Å². The second kappa shape index (κ2) is 3.78. The van der Waals surface area contributed by atoms with E-state index in [1.165, 1.54) is 36.8 Å². The van der Waals surface area contributed by atoms with Crippen molar-refractivity contribution in [1.82, 2.24) is 0 Å². The van der Waals surface area contributed by atoms with E-state index in [4.69, 9.17) is 0 Å². The second-order valence-electron chi connectivity index (χ2n) is 3.92. The standard InChI is InChI=1S/C13H16/c1-11-6-8-13(9-7-11)10-12-4-2-3-5-12/h6-10H,2-5H2,1H3. The maximum atomic E-state index is 2.35. The molecule has 0 heterocycles. The summed E-state index contributed by atoms with van der Waals surface area (Å²) in [6, 6.07) is 8.78. The van der Waals surface area contributed by atoms with Gasteiger partial charge in [-0.05, 0) is 38.2 Å². The van der Waals surface area contributed by atoms with Crippen molar-refractivity contribution >= 4 is 6.08 Å². The molecule has 0 bridgehead atoms. The molecule has 13 heavy (non-hydrogen) atoms. The zero-order valence-corrected chi connectivity index (χ0v) is 8.22. The van der Waals surface area contributed by atoms with E-state index in [2.05, 4.69) is 37.3 Å². The summed E-state index contributed by atoms with van der Waals surface area (Å²) in [6.45, 7) is 2.13. The van der Waals surface area contributed by atoms with E-state index in [1.54, 1.807) is 5.57 Å². The maximum Gasteiger partial charge on any atom is -0.0257 e. The number of allylic oxidation sites excluding steroid dienone is 1. The van der Waals surface area contributed by atoms with Gasteiger partial charge in [0.1, 0.15) is 0 Å². The summed E-state index contributed by atoms with van der Waals surface area (Å²) in [5.74, 6) is 0. The maximum absolute atomic E-state index is 2.35. The van der Waals surface area contributed by atoms with Gasteiger partial charge in [-0.2, -0.15) is 0 Å². The van der Waals surface area contributed by atoms with Crippen molar-refractivity contribution in [1.29, 1.82) is 0 Å². The first-order valence-corrected chi connectivity index (χ1v) is 5.11. The summed E-state index contributed by atoms with van der Waals surface area (Å²) < 4.78 is 0. The molecule has 1 aromatic rings. The molecule has 0 unspecified atom stereocenters. The predicted octanol–water partition coefficient (Wildman–Crippen LogP) is 3.95. The highest BCUT2D eigenvalue weighted by atomic mass is 14.1. The van der Waals surface area contributed by atoms with E-state index in [-0.39, 0.29) is 0 Å². The van der Waals surface area contributed by atoms with Gasteiger partial charge in [0.2, 0.25) is 0 Å². The fraction of sp³-hybridized carbons (Fsp3) is 0.385. The summed E-state index contributed by atoms with van der Waals surface area (Å²) in [5.41, 5.74) is 4.33. The van der Waals surface area contributed by atoms with Gasteiger partial charge >= 0.3 is 0 Å². The van der Waals surface area contributed by atoms with Crippen LogP contribution in [0.4, 0.5) is 0 Å². The molecule has 0 spiro atoms. The van der Waals surface area contributed by atoms with Crippen molar-refractivity contribution in [2.45, 2.75) is 32.6 Å². The van der Waals surface area contributed by atoms with Crippen molar-refractivity contribution in [2.75, 3.05) is 0 Å². The average molecular weight is 172 g/mol.